The van der Waals surface area contributed by atoms with Crippen molar-refractivity contribution in [2.24, 2.45) is 0 Å². The van der Waals surface area contributed by atoms with Crippen LogP contribution < -0.4 is 9.21 Å². The van der Waals surface area contributed by atoms with Gasteiger partial charge in [0, 0.05) is 30.2 Å². The molecule has 2 heterocycles. The molecule has 0 bridgehead atoms. The highest BCUT2D eigenvalue weighted by molar-refractivity contribution is 7.92. The number of sulfonamides is 1. The zero-order chi connectivity index (χ0) is 18.3. The summed E-state index contributed by atoms with van der Waals surface area (Å²) in [4.78, 5) is 13.8. The lowest BCUT2D eigenvalue weighted by molar-refractivity contribution is -0.117. The minimum absolute atomic E-state index is 0.0856. The van der Waals surface area contributed by atoms with E-state index in [9.17, 15) is 13.2 Å². The number of halogens is 1. The average molecular weight is 391 g/mol. The molecule has 1 fully saturated rings. The number of carbonyl (C=O) groups is 1. The van der Waals surface area contributed by atoms with Crippen LogP contribution in [0.3, 0.4) is 0 Å². The molecular formula is C19H19ClN2O3S. The van der Waals surface area contributed by atoms with Crippen molar-refractivity contribution < 1.29 is 13.2 Å². The Kier molecular flexibility index (Phi) is 4.40. The van der Waals surface area contributed by atoms with Crippen molar-refractivity contribution in [1.82, 2.24) is 0 Å². The van der Waals surface area contributed by atoms with Crippen LogP contribution in [0.1, 0.15) is 24.8 Å². The van der Waals surface area contributed by atoms with Crippen molar-refractivity contribution in [3.05, 3.63) is 53.1 Å². The lowest BCUT2D eigenvalue weighted by atomic mass is 10.0. The molecule has 0 spiro atoms. The number of anilines is 2. The van der Waals surface area contributed by atoms with Gasteiger partial charge in [-0.3, -0.25) is 9.10 Å². The highest BCUT2D eigenvalue weighted by Crippen LogP contribution is 2.34. The number of rotatable bonds is 3. The molecule has 0 aromatic heterocycles. The van der Waals surface area contributed by atoms with E-state index in [4.69, 9.17) is 11.6 Å². The molecule has 0 aliphatic carbocycles. The summed E-state index contributed by atoms with van der Waals surface area (Å²) in [7, 11) is -3.66. The van der Waals surface area contributed by atoms with Gasteiger partial charge in [-0.1, -0.05) is 11.6 Å². The molecular weight excluding hydrogens is 372 g/mol. The first-order valence-electron chi connectivity index (χ1n) is 8.68. The fourth-order valence-corrected chi connectivity index (χ4v) is 5.36. The Hall–Kier alpha value is -2.05. The predicted octanol–water partition coefficient (Wildman–Crippen LogP) is 3.61. The Morgan fingerprint density at radius 3 is 2.35 bits per heavy atom. The number of hydrogen-bond acceptors (Lipinski definition) is 3. The minimum Gasteiger partial charge on any atom is -0.312 e. The second-order valence-corrected chi connectivity index (χ2v) is 8.90. The van der Waals surface area contributed by atoms with Crippen LogP contribution in [0.4, 0.5) is 11.4 Å². The van der Waals surface area contributed by atoms with Crippen LogP contribution in [0, 0.1) is 0 Å². The Labute approximate surface area is 158 Å². The first-order chi connectivity index (χ1) is 12.5. The van der Waals surface area contributed by atoms with Crippen LogP contribution in [0.25, 0.3) is 0 Å². The highest BCUT2D eigenvalue weighted by atomic mass is 35.5. The van der Waals surface area contributed by atoms with Crippen LogP contribution in [-0.4, -0.2) is 27.4 Å². The zero-order valence-electron chi connectivity index (χ0n) is 14.2. The summed E-state index contributed by atoms with van der Waals surface area (Å²) < 4.78 is 27.7. The van der Waals surface area contributed by atoms with E-state index in [0.29, 0.717) is 30.2 Å². The molecule has 1 amide bonds. The summed E-state index contributed by atoms with van der Waals surface area (Å²) in [6.07, 6.45) is 2.96. The van der Waals surface area contributed by atoms with Crippen molar-refractivity contribution in [3.8, 4) is 0 Å². The van der Waals surface area contributed by atoms with Gasteiger partial charge >= 0.3 is 0 Å². The van der Waals surface area contributed by atoms with E-state index in [-0.39, 0.29) is 10.8 Å². The largest absolute Gasteiger partial charge is 0.312 e. The fraction of sp³-hybridized carbons (Fsp3) is 0.316. The van der Waals surface area contributed by atoms with Gasteiger partial charge in [-0.2, -0.15) is 0 Å². The molecule has 2 aromatic carbocycles. The SMILES string of the molecule is O=C1CCCN1c1ccc(S(=O)(=O)N2CCCc3cc(Cl)ccc32)cc1. The van der Waals surface area contributed by atoms with Crippen molar-refractivity contribution in [3.63, 3.8) is 0 Å². The molecule has 4 rings (SSSR count). The molecule has 136 valence electrons. The molecule has 5 nitrogen and oxygen atoms in total. The number of fused-ring (bicyclic) bond motifs is 1. The Morgan fingerprint density at radius 2 is 1.65 bits per heavy atom. The molecule has 0 N–H and O–H groups in total. The lowest BCUT2D eigenvalue weighted by Gasteiger charge is -2.30. The first kappa shape index (κ1) is 17.4. The Bertz CT molecular complexity index is 957. The predicted molar refractivity (Wildman–Crippen MR) is 102 cm³/mol. The van der Waals surface area contributed by atoms with E-state index >= 15 is 0 Å². The third kappa shape index (κ3) is 2.97. The van der Waals surface area contributed by atoms with Gasteiger partial charge in [0.2, 0.25) is 5.91 Å². The number of benzene rings is 2. The van der Waals surface area contributed by atoms with Crippen LogP contribution in [0.5, 0.6) is 0 Å². The van der Waals surface area contributed by atoms with Crippen LogP contribution >= 0.6 is 11.6 Å². The third-order valence-electron chi connectivity index (χ3n) is 4.93. The number of aryl methyl sites for hydroxylation is 1. The summed E-state index contributed by atoms with van der Waals surface area (Å²) in [6.45, 7) is 1.13. The van der Waals surface area contributed by atoms with Crippen LogP contribution in [0.15, 0.2) is 47.4 Å². The van der Waals surface area contributed by atoms with Crippen molar-refractivity contribution >= 4 is 38.9 Å². The molecule has 7 heteroatoms. The van der Waals surface area contributed by atoms with Gasteiger partial charge in [0.25, 0.3) is 10.0 Å². The molecule has 0 radical (unpaired) electrons. The Morgan fingerprint density at radius 1 is 0.923 bits per heavy atom. The van der Waals surface area contributed by atoms with Crippen LogP contribution in [-0.2, 0) is 21.2 Å². The van der Waals surface area contributed by atoms with E-state index in [1.165, 1.54) is 4.31 Å². The van der Waals surface area contributed by atoms with E-state index < -0.39 is 10.0 Å². The van der Waals surface area contributed by atoms with E-state index in [1.807, 2.05) is 6.07 Å². The number of hydrogen-bond donors (Lipinski definition) is 0. The quantitative estimate of drug-likeness (QED) is 0.804. The molecule has 26 heavy (non-hydrogen) atoms. The smallest absolute Gasteiger partial charge is 0.264 e. The molecule has 2 aromatic rings. The summed E-state index contributed by atoms with van der Waals surface area (Å²) >= 11 is 6.05. The van der Waals surface area contributed by atoms with Crippen molar-refractivity contribution in [2.75, 3.05) is 22.3 Å². The maximum Gasteiger partial charge on any atom is 0.264 e. The van der Waals surface area contributed by atoms with E-state index in [2.05, 4.69) is 0 Å². The molecule has 0 atom stereocenters. The van der Waals surface area contributed by atoms with Gasteiger partial charge in [-0.05, 0) is 67.3 Å². The monoisotopic (exact) mass is 390 g/mol. The standard InChI is InChI=1S/C19H19ClN2O3S/c20-15-5-10-18-14(13-15)3-1-12-22(18)26(24,25)17-8-6-16(7-9-17)21-11-2-4-19(21)23/h5-10,13H,1-4,11-12H2. The summed E-state index contributed by atoms with van der Waals surface area (Å²) in [6, 6.07) is 11.9. The first-order valence-corrected chi connectivity index (χ1v) is 10.5. The summed E-state index contributed by atoms with van der Waals surface area (Å²) in [5.74, 6) is 0.0856. The van der Waals surface area contributed by atoms with E-state index in [0.717, 1.165) is 30.5 Å². The maximum absolute atomic E-state index is 13.1. The van der Waals surface area contributed by atoms with Crippen molar-refractivity contribution in [2.45, 2.75) is 30.6 Å². The summed E-state index contributed by atoms with van der Waals surface area (Å²) in [5.41, 5.74) is 2.39. The summed E-state index contributed by atoms with van der Waals surface area (Å²) in [5, 5.41) is 0.614. The maximum atomic E-state index is 13.1. The molecule has 2 aliphatic heterocycles. The van der Waals surface area contributed by atoms with Gasteiger partial charge in [-0.25, -0.2) is 8.42 Å². The molecule has 0 saturated carbocycles. The average Bonchev–Trinajstić information content (AvgIpc) is 3.07. The molecule has 0 unspecified atom stereocenters. The lowest BCUT2D eigenvalue weighted by Crippen LogP contribution is -2.35. The Balaban J connectivity index is 1.66. The van der Waals surface area contributed by atoms with Gasteiger partial charge in [-0.15, -0.1) is 0 Å². The number of carbonyl (C=O) groups excluding carboxylic acids is 1. The molecule has 2 aliphatic rings. The zero-order valence-corrected chi connectivity index (χ0v) is 15.8. The third-order valence-corrected chi connectivity index (χ3v) is 6.99. The highest BCUT2D eigenvalue weighted by Gasteiger charge is 2.29. The van der Waals surface area contributed by atoms with Gasteiger partial charge in [0.05, 0.1) is 10.6 Å². The van der Waals surface area contributed by atoms with Crippen molar-refractivity contribution in [1.29, 1.82) is 0 Å². The second-order valence-electron chi connectivity index (χ2n) is 6.60. The second kappa shape index (κ2) is 6.59. The topological polar surface area (TPSA) is 57.7 Å². The normalized spacial score (nSPS) is 17.5. The van der Waals surface area contributed by atoms with Crippen LogP contribution in [0.2, 0.25) is 5.02 Å². The minimum atomic E-state index is -3.66. The van der Waals surface area contributed by atoms with E-state index in [1.54, 1.807) is 41.3 Å². The van der Waals surface area contributed by atoms with Gasteiger partial charge < -0.3 is 4.90 Å². The fourth-order valence-electron chi connectivity index (χ4n) is 3.63. The van der Waals surface area contributed by atoms with Gasteiger partial charge in [0.1, 0.15) is 0 Å². The van der Waals surface area contributed by atoms with Gasteiger partial charge in [0.15, 0.2) is 0 Å². The number of nitrogens with zero attached hydrogens (tertiary/aromatic N) is 2. The number of amides is 1. The molecule has 1 saturated heterocycles.